The van der Waals surface area contributed by atoms with Gasteiger partial charge in [-0.15, -0.1) is 0 Å². The Hall–Kier alpha value is -3.51. The average Bonchev–Trinajstić information content (AvgIpc) is 3.11. The van der Waals surface area contributed by atoms with Gasteiger partial charge in [0, 0.05) is 23.3 Å². The summed E-state index contributed by atoms with van der Waals surface area (Å²) in [6, 6.07) is 19.0. The van der Waals surface area contributed by atoms with E-state index in [-0.39, 0.29) is 5.78 Å². The quantitative estimate of drug-likeness (QED) is 0.626. The van der Waals surface area contributed by atoms with Crippen LogP contribution in [0.15, 0.2) is 66.7 Å². The molecular weight excluding hydrogens is 384 g/mol. The molecule has 0 unspecified atom stereocenters. The first-order valence-corrected chi connectivity index (χ1v) is 9.42. The van der Waals surface area contributed by atoms with Gasteiger partial charge >= 0.3 is 0 Å². The monoisotopic (exact) mass is 406 g/mol. The van der Waals surface area contributed by atoms with E-state index < -0.39 is 11.7 Å². The lowest BCUT2D eigenvalue weighted by molar-refractivity contribution is -0.0157. The van der Waals surface area contributed by atoms with Crippen molar-refractivity contribution in [1.29, 1.82) is 0 Å². The van der Waals surface area contributed by atoms with Crippen molar-refractivity contribution in [2.24, 2.45) is 0 Å². The molecule has 0 aromatic heterocycles. The van der Waals surface area contributed by atoms with Crippen LogP contribution in [-0.4, -0.2) is 32.2 Å². The van der Waals surface area contributed by atoms with Gasteiger partial charge in [-0.05, 0) is 12.1 Å². The van der Waals surface area contributed by atoms with E-state index in [2.05, 4.69) is 0 Å². The van der Waals surface area contributed by atoms with Crippen LogP contribution >= 0.6 is 0 Å². The number of methoxy groups -OCH3 is 3. The van der Waals surface area contributed by atoms with E-state index in [4.69, 9.17) is 18.9 Å². The molecule has 0 aliphatic carbocycles. The van der Waals surface area contributed by atoms with E-state index in [1.807, 2.05) is 6.07 Å². The van der Waals surface area contributed by atoms with E-state index in [0.717, 1.165) is 0 Å². The van der Waals surface area contributed by atoms with Crippen LogP contribution in [0.1, 0.15) is 27.6 Å². The molecule has 0 saturated heterocycles. The third-order valence-corrected chi connectivity index (χ3v) is 5.35. The van der Waals surface area contributed by atoms with Gasteiger partial charge in [-0.1, -0.05) is 42.5 Å². The number of carbonyl (C=O) groups is 1. The highest BCUT2D eigenvalue weighted by molar-refractivity contribution is 6.04. The Labute approximate surface area is 174 Å². The van der Waals surface area contributed by atoms with Crippen molar-refractivity contribution < 1.29 is 28.8 Å². The van der Waals surface area contributed by atoms with Crippen LogP contribution in [0, 0.1) is 0 Å². The number of aliphatic hydroxyl groups excluding tert-OH is 1. The second kappa shape index (κ2) is 7.72. The first-order valence-electron chi connectivity index (χ1n) is 9.42. The van der Waals surface area contributed by atoms with Gasteiger partial charge in [0.15, 0.2) is 0 Å². The van der Waals surface area contributed by atoms with Crippen molar-refractivity contribution in [3.63, 3.8) is 0 Å². The van der Waals surface area contributed by atoms with Crippen molar-refractivity contribution in [2.75, 3.05) is 21.3 Å². The standard InChI is InChI=1S/C24H22O6/c1-27-17-11-9-16(10-12-17)24(22(25)15-7-5-4-6-8-15)23(26)21-19(29-3)13-18(28-2)14-20(21)30-24/h4-14,23,26H,1-3H3/t23-,24+/m1/s1. The Morgan fingerprint density at radius 2 is 1.57 bits per heavy atom. The fourth-order valence-corrected chi connectivity index (χ4v) is 3.81. The summed E-state index contributed by atoms with van der Waals surface area (Å²) in [6.07, 6.45) is -1.30. The van der Waals surface area contributed by atoms with Gasteiger partial charge in [0.2, 0.25) is 11.4 Å². The lowest BCUT2D eigenvalue weighted by Crippen LogP contribution is -2.43. The zero-order chi connectivity index (χ0) is 21.3. The Balaban J connectivity index is 1.93. The minimum absolute atomic E-state index is 0.332. The number of fused-ring (bicyclic) bond motifs is 1. The summed E-state index contributed by atoms with van der Waals surface area (Å²) in [6.45, 7) is 0. The van der Waals surface area contributed by atoms with E-state index >= 15 is 0 Å². The van der Waals surface area contributed by atoms with Crippen molar-refractivity contribution in [3.05, 3.63) is 83.4 Å². The normalized spacial score (nSPS) is 19.5. The van der Waals surface area contributed by atoms with Gasteiger partial charge in [-0.2, -0.15) is 0 Å². The summed E-state index contributed by atoms with van der Waals surface area (Å²) in [4.78, 5) is 13.8. The van der Waals surface area contributed by atoms with Crippen LogP contribution in [0.4, 0.5) is 0 Å². The van der Waals surface area contributed by atoms with Crippen LogP contribution < -0.4 is 18.9 Å². The molecule has 3 aromatic rings. The second-order valence-electron chi connectivity index (χ2n) is 6.91. The number of benzene rings is 3. The fraction of sp³-hybridized carbons (Fsp3) is 0.208. The number of hydrogen-bond donors (Lipinski definition) is 1. The highest BCUT2D eigenvalue weighted by atomic mass is 16.5. The maximum Gasteiger partial charge on any atom is 0.226 e. The van der Waals surface area contributed by atoms with Crippen LogP contribution in [0.25, 0.3) is 0 Å². The van der Waals surface area contributed by atoms with E-state index in [9.17, 15) is 9.90 Å². The molecule has 1 heterocycles. The molecule has 30 heavy (non-hydrogen) atoms. The van der Waals surface area contributed by atoms with Gasteiger partial charge in [-0.3, -0.25) is 4.79 Å². The van der Waals surface area contributed by atoms with Crippen LogP contribution in [0.2, 0.25) is 0 Å². The number of ether oxygens (including phenoxy) is 4. The predicted octanol–water partition coefficient (Wildman–Crippen LogP) is 3.92. The summed E-state index contributed by atoms with van der Waals surface area (Å²) in [7, 11) is 4.58. The first-order chi connectivity index (χ1) is 14.5. The number of Topliss-reactive ketones (excluding diaryl/α,β-unsaturated/α-hetero) is 1. The molecule has 1 N–H and O–H groups in total. The summed E-state index contributed by atoms with van der Waals surface area (Å²) < 4.78 is 22.3. The molecular formula is C24H22O6. The molecule has 6 heteroatoms. The molecule has 2 atom stereocenters. The number of ketones is 1. The van der Waals surface area contributed by atoms with Gasteiger partial charge in [0.1, 0.15) is 29.1 Å². The predicted molar refractivity (Wildman–Crippen MR) is 111 cm³/mol. The van der Waals surface area contributed by atoms with Crippen molar-refractivity contribution in [2.45, 2.75) is 11.7 Å². The molecule has 0 fully saturated rings. The Morgan fingerprint density at radius 3 is 2.17 bits per heavy atom. The topological polar surface area (TPSA) is 74.2 Å². The van der Waals surface area contributed by atoms with Gasteiger partial charge in [0.25, 0.3) is 0 Å². The first kappa shape index (κ1) is 19.8. The van der Waals surface area contributed by atoms with E-state index in [1.165, 1.54) is 14.2 Å². The van der Waals surface area contributed by atoms with Crippen molar-refractivity contribution in [3.8, 4) is 23.0 Å². The molecule has 154 valence electrons. The lowest BCUT2D eigenvalue weighted by atomic mass is 9.80. The number of hydrogen-bond acceptors (Lipinski definition) is 6. The zero-order valence-corrected chi connectivity index (χ0v) is 16.9. The largest absolute Gasteiger partial charge is 0.497 e. The van der Waals surface area contributed by atoms with Crippen LogP contribution in [0.5, 0.6) is 23.0 Å². The minimum Gasteiger partial charge on any atom is -0.497 e. The average molecular weight is 406 g/mol. The maximum absolute atomic E-state index is 13.8. The Bertz CT molecular complexity index is 1060. The van der Waals surface area contributed by atoms with Crippen molar-refractivity contribution in [1.82, 2.24) is 0 Å². The van der Waals surface area contributed by atoms with Crippen LogP contribution in [-0.2, 0) is 5.60 Å². The smallest absolute Gasteiger partial charge is 0.226 e. The highest BCUT2D eigenvalue weighted by Crippen LogP contribution is 2.55. The highest BCUT2D eigenvalue weighted by Gasteiger charge is 2.56. The second-order valence-corrected chi connectivity index (χ2v) is 6.91. The van der Waals surface area contributed by atoms with Crippen LogP contribution in [0.3, 0.4) is 0 Å². The summed E-state index contributed by atoms with van der Waals surface area (Å²) in [5.41, 5.74) is -0.360. The van der Waals surface area contributed by atoms with E-state index in [0.29, 0.717) is 39.7 Å². The molecule has 0 radical (unpaired) electrons. The fourth-order valence-electron chi connectivity index (χ4n) is 3.81. The summed E-state index contributed by atoms with van der Waals surface area (Å²) in [5.74, 6) is 1.48. The number of rotatable bonds is 6. The van der Waals surface area contributed by atoms with Gasteiger partial charge < -0.3 is 24.1 Å². The third kappa shape index (κ3) is 2.97. The summed E-state index contributed by atoms with van der Waals surface area (Å²) in [5, 5.41) is 11.5. The molecule has 0 bridgehead atoms. The molecule has 0 saturated carbocycles. The lowest BCUT2D eigenvalue weighted by Gasteiger charge is -2.31. The number of aliphatic hydroxyl groups is 1. The molecule has 0 spiro atoms. The molecule has 4 rings (SSSR count). The minimum atomic E-state index is -1.68. The third-order valence-electron chi connectivity index (χ3n) is 5.35. The maximum atomic E-state index is 13.8. The zero-order valence-electron chi connectivity index (χ0n) is 16.9. The molecule has 3 aromatic carbocycles. The summed E-state index contributed by atoms with van der Waals surface area (Å²) >= 11 is 0. The number of carbonyl (C=O) groups excluding carboxylic acids is 1. The SMILES string of the molecule is COc1ccc([C@@]2(C(=O)c3ccccc3)Oc3cc(OC)cc(OC)c3[C@H]2O)cc1. The molecule has 1 aliphatic heterocycles. The van der Waals surface area contributed by atoms with Crippen molar-refractivity contribution >= 4 is 5.78 Å². The van der Waals surface area contributed by atoms with Gasteiger partial charge in [-0.25, -0.2) is 0 Å². The van der Waals surface area contributed by atoms with E-state index in [1.54, 1.807) is 67.8 Å². The molecule has 0 amide bonds. The molecule has 1 aliphatic rings. The Morgan fingerprint density at radius 1 is 0.900 bits per heavy atom. The molecule has 6 nitrogen and oxygen atoms in total. The van der Waals surface area contributed by atoms with Gasteiger partial charge in [0.05, 0.1) is 26.9 Å². The Kier molecular flexibility index (Phi) is 5.10.